The van der Waals surface area contributed by atoms with Crippen molar-refractivity contribution in [2.45, 2.75) is 271 Å². The smallest absolute Gasteiger partial charge is 0.306 e. The Morgan fingerprint density at radius 1 is 0.339 bits per heavy atom. The lowest BCUT2D eigenvalue weighted by molar-refractivity contribution is -0.167. The standard InChI is InChI=1S/C53H96O6/c1-4-7-10-13-16-19-22-24-26-28-31-34-37-40-43-46-52(55)58-49-50(48-57-51(54)45-42-39-36-33-30-21-18-15-12-9-6-3)59-53(56)47-44-41-38-35-32-29-27-25-23-20-17-14-11-8-5-2/h17,20,24-27,50H,4-16,18-19,21-23,28-49H2,1-3H3. The van der Waals surface area contributed by atoms with Gasteiger partial charge in [-0.1, -0.05) is 205 Å². The molecule has 0 aromatic heterocycles. The van der Waals surface area contributed by atoms with Crippen molar-refractivity contribution in [2.75, 3.05) is 13.2 Å². The van der Waals surface area contributed by atoms with Crippen LogP contribution in [-0.4, -0.2) is 37.2 Å². The van der Waals surface area contributed by atoms with E-state index in [1.807, 2.05) is 0 Å². The Morgan fingerprint density at radius 3 is 0.983 bits per heavy atom. The second kappa shape index (κ2) is 48.3. The number of carbonyl (C=O) groups is 3. The number of hydrogen-bond donors (Lipinski definition) is 0. The van der Waals surface area contributed by atoms with Crippen LogP contribution in [0.25, 0.3) is 0 Å². The van der Waals surface area contributed by atoms with Crippen molar-refractivity contribution in [2.24, 2.45) is 0 Å². The van der Waals surface area contributed by atoms with Gasteiger partial charge >= 0.3 is 17.9 Å². The molecule has 0 aliphatic rings. The van der Waals surface area contributed by atoms with Gasteiger partial charge in [-0.3, -0.25) is 14.4 Å². The number of ether oxygens (including phenoxy) is 3. The van der Waals surface area contributed by atoms with Gasteiger partial charge in [-0.25, -0.2) is 0 Å². The number of unbranched alkanes of at least 4 members (excludes halogenated alkanes) is 29. The van der Waals surface area contributed by atoms with Crippen molar-refractivity contribution >= 4 is 17.9 Å². The molecule has 6 nitrogen and oxygen atoms in total. The molecule has 59 heavy (non-hydrogen) atoms. The lowest BCUT2D eigenvalue weighted by atomic mass is 10.1. The van der Waals surface area contributed by atoms with Crippen molar-refractivity contribution in [3.8, 4) is 0 Å². The van der Waals surface area contributed by atoms with Crippen molar-refractivity contribution in [3.63, 3.8) is 0 Å². The topological polar surface area (TPSA) is 78.9 Å². The Balaban J connectivity index is 4.38. The zero-order valence-corrected chi connectivity index (χ0v) is 39.3. The summed E-state index contributed by atoms with van der Waals surface area (Å²) in [5.74, 6) is -0.893. The average molecular weight is 829 g/mol. The van der Waals surface area contributed by atoms with Crippen LogP contribution in [0.5, 0.6) is 0 Å². The zero-order valence-electron chi connectivity index (χ0n) is 39.3. The average Bonchev–Trinajstić information content (AvgIpc) is 3.23. The second-order valence-corrected chi connectivity index (χ2v) is 17.1. The highest BCUT2D eigenvalue weighted by atomic mass is 16.6. The molecule has 1 unspecified atom stereocenters. The second-order valence-electron chi connectivity index (χ2n) is 17.1. The minimum atomic E-state index is -0.778. The summed E-state index contributed by atoms with van der Waals surface area (Å²) in [5.41, 5.74) is 0. The van der Waals surface area contributed by atoms with E-state index in [4.69, 9.17) is 14.2 Å². The van der Waals surface area contributed by atoms with E-state index in [1.165, 1.54) is 135 Å². The van der Waals surface area contributed by atoms with Gasteiger partial charge in [0.1, 0.15) is 13.2 Å². The van der Waals surface area contributed by atoms with Crippen LogP contribution >= 0.6 is 0 Å². The third-order valence-electron chi connectivity index (χ3n) is 11.1. The van der Waals surface area contributed by atoms with E-state index in [2.05, 4.69) is 57.2 Å². The Bertz CT molecular complexity index is 1000. The van der Waals surface area contributed by atoms with Crippen LogP contribution in [0.3, 0.4) is 0 Å². The third-order valence-corrected chi connectivity index (χ3v) is 11.1. The monoisotopic (exact) mass is 829 g/mol. The molecule has 6 heteroatoms. The summed E-state index contributed by atoms with van der Waals surface area (Å²) in [6.07, 6.45) is 55.5. The molecule has 0 aliphatic heterocycles. The van der Waals surface area contributed by atoms with E-state index in [0.717, 1.165) is 89.9 Å². The maximum absolute atomic E-state index is 12.8. The van der Waals surface area contributed by atoms with Gasteiger partial charge in [0.2, 0.25) is 0 Å². The van der Waals surface area contributed by atoms with Crippen LogP contribution in [0.2, 0.25) is 0 Å². The number of esters is 3. The molecule has 0 fully saturated rings. The van der Waals surface area contributed by atoms with Crippen LogP contribution in [0, 0.1) is 0 Å². The van der Waals surface area contributed by atoms with Gasteiger partial charge < -0.3 is 14.2 Å². The third kappa shape index (κ3) is 46.5. The minimum absolute atomic E-state index is 0.0779. The Kier molecular flexibility index (Phi) is 46.4. The lowest BCUT2D eigenvalue weighted by Crippen LogP contribution is -2.30. The number of rotatable bonds is 46. The van der Waals surface area contributed by atoms with E-state index in [-0.39, 0.29) is 31.1 Å². The van der Waals surface area contributed by atoms with E-state index in [1.54, 1.807) is 0 Å². The summed E-state index contributed by atoms with van der Waals surface area (Å²) in [6, 6.07) is 0. The first kappa shape index (κ1) is 56.6. The van der Waals surface area contributed by atoms with Crippen LogP contribution in [-0.2, 0) is 28.6 Å². The van der Waals surface area contributed by atoms with Gasteiger partial charge in [0.15, 0.2) is 6.10 Å². The fourth-order valence-electron chi connectivity index (χ4n) is 7.23. The van der Waals surface area contributed by atoms with Gasteiger partial charge in [-0.2, -0.15) is 0 Å². The molecule has 0 saturated heterocycles. The summed E-state index contributed by atoms with van der Waals surface area (Å²) in [4.78, 5) is 37.9. The fraction of sp³-hybridized carbons (Fsp3) is 0.830. The lowest BCUT2D eigenvalue weighted by Gasteiger charge is -2.18. The predicted octanol–water partition coefficient (Wildman–Crippen LogP) is 16.5. The van der Waals surface area contributed by atoms with Crippen LogP contribution < -0.4 is 0 Å². The largest absolute Gasteiger partial charge is 0.462 e. The van der Waals surface area contributed by atoms with Gasteiger partial charge in [-0.15, -0.1) is 0 Å². The molecule has 344 valence electrons. The molecule has 0 aliphatic carbocycles. The summed E-state index contributed by atoms with van der Waals surface area (Å²) >= 11 is 0. The molecule has 1 atom stereocenters. The Morgan fingerprint density at radius 2 is 0.610 bits per heavy atom. The molecular weight excluding hydrogens is 733 g/mol. The maximum atomic E-state index is 12.8. The van der Waals surface area contributed by atoms with Crippen LogP contribution in [0.15, 0.2) is 36.5 Å². The first-order chi connectivity index (χ1) is 29.0. The predicted molar refractivity (Wildman–Crippen MR) is 252 cm³/mol. The van der Waals surface area contributed by atoms with E-state index < -0.39 is 6.10 Å². The van der Waals surface area contributed by atoms with Gasteiger partial charge in [0.25, 0.3) is 0 Å². The zero-order chi connectivity index (χ0) is 43.0. The molecule has 0 N–H and O–H groups in total. The highest BCUT2D eigenvalue weighted by Crippen LogP contribution is 2.15. The van der Waals surface area contributed by atoms with Crippen LogP contribution in [0.1, 0.15) is 265 Å². The fourth-order valence-corrected chi connectivity index (χ4v) is 7.23. The number of hydrogen-bond acceptors (Lipinski definition) is 6. The Hall–Kier alpha value is -2.37. The van der Waals surface area contributed by atoms with Crippen molar-refractivity contribution in [1.82, 2.24) is 0 Å². The van der Waals surface area contributed by atoms with Crippen molar-refractivity contribution < 1.29 is 28.6 Å². The summed E-state index contributed by atoms with van der Waals surface area (Å²) in [5, 5.41) is 0. The summed E-state index contributed by atoms with van der Waals surface area (Å²) in [7, 11) is 0. The van der Waals surface area contributed by atoms with E-state index in [9.17, 15) is 14.4 Å². The molecule has 0 rings (SSSR count). The molecule has 0 bridgehead atoms. The van der Waals surface area contributed by atoms with Gasteiger partial charge in [0.05, 0.1) is 0 Å². The molecule has 0 spiro atoms. The van der Waals surface area contributed by atoms with E-state index in [0.29, 0.717) is 19.3 Å². The minimum Gasteiger partial charge on any atom is -0.462 e. The van der Waals surface area contributed by atoms with Crippen LogP contribution in [0.4, 0.5) is 0 Å². The first-order valence-corrected chi connectivity index (χ1v) is 25.5. The molecule has 0 saturated carbocycles. The molecule has 0 amide bonds. The number of allylic oxidation sites excluding steroid dienone is 6. The molecule has 0 radical (unpaired) electrons. The summed E-state index contributed by atoms with van der Waals surface area (Å²) in [6.45, 7) is 6.59. The first-order valence-electron chi connectivity index (χ1n) is 25.5. The van der Waals surface area contributed by atoms with Gasteiger partial charge in [0, 0.05) is 19.3 Å². The maximum Gasteiger partial charge on any atom is 0.306 e. The molecule has 0 aromatic carbocycles. The normalized spacial score (nSPS) is 12.3. The highest BCUT2D eigenvalue weighted by Gasteiger charge is 2.19. The number of carbonyl (C=O) groups excluding carboxylic acids is 3. The quantitative estimate of drug-likeness (QED) is 0.0263. The molecule has 0 heterocycles. The van der Waals surface area contributed by atoms with Crippen molar-refractivity contribution in [1.29, 1.82) is 0 Å². The highest BCUT2D eigenvalue weighted by molar-refractivity contribution is 5.71. The van der Waals surface area contributed by atoms with Gasteiger partial charge in [-0.05, 0) is 77.0 Å². The van der Waals surface area contributed by atoms with Crippen molar-refractivity contribution in [3.05, 3.63) is 36.5 Å². The summed E-state index contributed by atoms with van der Waals surface area (Å²) < 4.78 is 16.8. The van der Waals surface area contributed by atoms with E-state index >= 15 is 0 Å². The molecular formula is C53H96O6. The SMILES string of the molecule is CCCCCC=CCC=CCCCCCCCC(=O)OC(COC(=O)CCCCCCCC=CCCCCCCCC)COC(=O)CCCCCCCCCCCCC. The molecule has 0 aromatic rings. The Labute approximate surface area is 365 Å².